The number of aromatic hydroxyl groups is 1. The maximum absolute atomic E-state index is 9.71. The molecule has 0 saturated carbocycles. The Hall–Kier alpha value is -1.78. The summed E-state index contributed by atoms with van der Waals surface area (Å²) >= 11 is 12.1. The van der Waals surface area contributed by atoms with Gasteiger partial charge in [-0.25, -0.2) is 9.97 Å². The van der Waals surface area contributed by atoms with E-state index in [1.165, 1.54) is 0 Å². The summed E-state index contributed by atoms with van der Waals surface area (Å²) in [7, 11) is 0. The van der Waals surface area contributed by atoms with Gasteiger partial charge >= 0.3 is 0 Å². The van der Waals surface area contributed by atoms with Crippen LogP contribution in [0.15, 0.2) is 30.5 Å². The van der Waals surface area contributed by atoms with E-state index in [9.17, 15) is 5.11 Å². The number of rotatable bonds is 5. The Labute approximate surface area is 144 Å². The smallest absolute Gasteiger partial charge is 0.177 e. The zero-order chi connectivity index (χ0) is 16.4. The van der Waals surface area contributed by atoms with Gasteiger partial charge in [0, 0.05) is 19.2 Å². The van der Waals surface area contributed by atoms with Crippen molar-refractivity contribution >= 4 is 34.4 Å². The van der Waals surface area contributed by atoms with Gasteiger partial charge in [0.2, 0.25) is 0 Å². The first-order valence-electron chi connectivity index (χ1n) is 7.57. The number of aromatic nitrogens is 3. The van der Waals surface area contributed by atoms with E-state index in [-0.39, 0.29) is 15.8 Å². The Morgan fingerprint density at radius 2 is 1.96 bits per heavy atom. The number of halogens is 2. The predicted octanol–water partition coefficient (Wildman–Crippen LogP) is 4.83. The SMILES string of the molecule is CCCCc1nc2ncccc2n1Cc1cc(Cl)c(O)c(Cl)c1. The van der Waals surface area contributed by atoms with Crippen molar-refractivity contribution in [2.75, 3.05) is 0 Å². The fourth-order valence-electron chi connectivity index (χ4n) is 2.60. The second-order valence-electron chi connectivity index (χ2n) is 5.47. The quantitative estimate of drug-likeness (QED) is 0.717. The molecule has 0 bridgehead atoms. The second kappa shape index (κ2) is 6.77. The number of imidazole rings is 1. The van der Waals surface area contributed by atoms with Gasteiger partial charge in [-0.2, -0.15) is 0 Å². The first-order valence-corrected chi connectivity index (χ1v) is 8.32. The van der Waals surface area contributed by atoms with Crippen LogP contribution in [0.3, 0.4) is 0 Å². The largest absolute Gasteiger partial charge is 0.505 e. The average molecular weight is 350 g/mol. The van der Waals surface area contributed by atoms with E-state index in [0.717, 1.165) is 41.8 Å². The van der Waals surface area contributed by atoms with Crippen molar-refractivity contribution in [3.05, 3.63) is 51.9 Å². The third kappa shape index (κ3) is 3.28. The molecule has 0 atom stereocenters. The highest BCUT2D eigenvalue weighted by atomic mass is 35.5. The number of unbranched alkanes of at least 4 members (excludes halogenated alkanes) is 1. The molecule has 2 heterocycles. The Kier molecular flexibility index (Phi) is 4.74. The highest BCUT2D eigenvalue weighted by molar-refractivity contribution is 6.37. The number of pyridine rings is 1. The molecule has 0 aliphatic heterocycles. The number of nitrogens with zero attached hydrogens (tertiary/aromatic N) is 3. The van der Waals surface area contributed by atoms with Gasteiger partial charge in [-0.1, -0.05) is 36.5 Å². The van der Waals surface area contributed by atoms with Crippen LogP contribution in [0.25, 0.3) is 11.2 Å². The van der Waals surface area contributed by atoms with Crippen molar-refractivity contribution in [1.82, 2.24) is 14.5 Å². The topological polar surface area (TPSA) is 50.9 Å². The molecule has 3 aromatic rings. The van der Waals surface area contributed by atoms with Gasteiger partial charge in [0.25, 0.3) is 0 Å². The molecule has 0 fully saturated rings. The summed E-state index contributed by atoms with van der Waals surface area (Å²) in [4.78, 5) is 8.98. The highest BCUT2D eigenvalue weighted by Gasteiger charge is 2.13. The van der Waals surface area contributed by atoms with Gasteiger partial charge in [0.1, 0.15) is 5.82 Å². The van der Waals surface area contributed by atoms with E-state index in [0.29, 0.717) is 6.54 Å². The van der Waals surface area contributed by atoms with Crippen LogP contribution in [0.2, 0.25) is 10.0 Å². The summed E-state index contributed by atoms with van der Waals surface area (Å²) in [6, 6.07) is 7.37. The molecule has 0 aliphatic carbocycles. The number of phenols is 1. The number of aryl methyl sites for hydroxylation is 1. The minimum atomic E-state index is -0.0829. The van der Waals surface area contributed by atoms with Crippen molar-refractivity contribution in [2.45, 2.75) is 32.7 Å². The maximum atomic E-state index is 9.71. The summed E-state index contributed by atoms with van der Waals surface area (Å²) in [6.07, 6.45) is 4.82. The monoisotopic (exact) mass is 349 g/mol. The number of benzene rings is 1. The number of hydrogen-bond donors (Lipinski definition) is 1. The fraction of sp³-hybridized carbons (Fsp3) is 0.294. The second-order valence-corrected chi connectivity index (χ2v) is 6.29. The van der Waals surface area contributed by atoms with E-state index >= 15 is 0 Å². The van der Waals surface area contributed by atoms with Crippen LogP contribution >= 0.6 is 23.2 Å². The molecule has 120 valence electrons. The third-order valence-corrected chi connectivity index (χ3v) is 4.35. The standard InChI is InChI=1S/C17H17Cl2N3O/c1-2-3-6-15-21-17-14(5-4-7-20-17)22(15)10-11-8-12(18)16(23)13(19)9-11/h4-5,7-9,23H,2-3,6,10H2,1H3. The molecule has 0 aliphatic rings. The molecule has 6 heteroatoms. The molecule has 0 unspecified atom stereocenters. The molecule has 0 amide bonds. The van der Waals surface area contributed by atoms with Gasteiger partial charge in [0.15, 0.2) is 11.4 Å². The zero-order valence-corrected chi connectivity index (χ0v) is 14.3. The zero-order valence-electron chi connectivity index (χ0n) is 12.8. The van der Waals surface area contributed by atoms with E-state index in [2.05, 4.69) is 21.5 Å². The Morgan fingerprint density at radius 3 is 2.65 bits per heavy atom. The van der Waals surface area contributed by atoms with Crippen molar-refractivity contribution in [3.63, 3.8) is 0 Å². The fourth-order valence-corrected chi connectivity index (χ4v) is 3.13. The molecule has 23 heavy (non-hydrogen) atoms. The van der Waals surface area contributed by atoms with Crippen LogP contribution in [0, 0.1) is 0 Å². The Morgan fingerprint density at radius 1 is 1.22 bits per heavy atom. The molecular weight excluding hydrogens is 333 g/mol. The summed E-state index contributed by atoms with van der Waals surface area (Å²) in [5.74, 6) is 0.918. The number of hydrogen-bond acceptors (Lipinski definition) is 3. The first kappa shape index (κ1) is 16.1. The Balaban J connectivity index is 2.04. The maximum Gasteiger partial charge on any atom is 0.177 e. The van der Waals surface area contributed by atoms with Gasteiger partial charge in [-0.05, 0) is 36.2 Å². The van der Waals surface area contributed by atoms with Crippen LogP contribution in [0.5, 0.6) is 5.75 Å². The van der Waals surface area contributed by atoms with Crippen LogP contribution in [0.4, 0.5) is 0 Å². The van der Waals surface area contributed by atoms with Crippen molar-refractivity contribution in [2.24, 2.45) is 0 Å². The minimum Gasteiger partial charge on any atom is -0.505 e. The molecule has 1 N–H and O–H groups in total. The lowest BCUT2D eigenvalue weighted by Crippen LogP contribution is -2.05. The van der Waals surface area contributed by atoms with Crippen molar-refractivity contribution < 1.29 is 5.11 Å². The third-order valence-electron chi connectivity index (χ3n) is 3.77. The highest BCUT2D eigenvalue weighted by Crippen LogP contribution is 2.33. The number of phenolic OH excluding ortho intramolecular Hbond substituents is 1. The minimum absolute atomic E-state index is 0.0829. The van der Waals surface area contributed by atoms with E-state index in [1.54, 1.807) is 18.3 Å². The lowest BCUT2D eigenvalue weighted by Gasteiger charge is -2.11. The summed E-state index contributed by atoms with van der Waals surface area (Å²) in [6.45, 7) is 2.74. The van der Waals surface area contributed by atoms with Crippen LogP contribution in [-0.2, 0) is 13.0 Å². The van der Waals surface area contributed by atoms with Gasteiger partial charge in [0.05, 0.1) is 15.6 Å². The molecule has 4 nitrogen and oxygen atoms in total. The van der Waals surface area contributed by atoms with Crippen molar-refractivity contribution in [1.29, 1.82) is 0 Å². The van der Waals surface area contributed by atoms with E-state index in [4.69, 9.17) is 23.2 Å². The van der Waals surface area contributed by atoms with Gasteiger partial charge in [-0.3, -0.25) is 0 Å². The average Bonchev–Trinajstić information content (AvgIpc) is 2.88. The summed E-state index contributed by atoms with van der Waals surface area (Å²) in [5, 5.41) is 10.2. The molecule has 1 aromatic carbocycles. The van der Waals surface area contributed by atoms with Crippen LogP contribution in [0.1, 0.15) is 31.2 Å². The van der Waals surface area contributed by atoms with Crippen molar-refractivity contribution in [3.8, 4) is 5.75 Å². The van der Waals surface area contributed by atoms with E-state index in [1.807, 2.05) is 12.1 Å². The lowest BCUT2D eigenvalue weighted by atomic mass is 10.2. The molecule has 0 saturated heterocycles. The normalized spacial score (nSPS) is 11.3. The Bertz CT molecular complexity index is 822. The molecule has 0 spiro atoms. The van der Waals surface area contributed by atoms with Crippen LogP contribution in [-0.4, -0.2) is 19.6 Å². The molecule has 3 rings (SSSR count). The first-order chi connectivity index (χ1) is 11.1. The van der Waals surface area contributed by atoms with E-state index < -0.39 is 0 Å². The summed E-state index contributed by atoms with van der Waals surface area (Å²) in [5.41, 5.74) is 2.65. The van der Waals surface area contributed by atoms with Gasteiger partial charge in [-0.15, -0.1) is 0 Å². The summed E-state index contributed by atoms with van der Waals surface area (Å²) < 4.78 is 2.14. The van der Waals surface area contributed by atoms with Gasteiger partial charge < -0.3 is 9.67 Å². The molecular formula is C17H17Cl2N3O. The molecule has 0 radical (unpaired) electrons. The lowest BCUT2D eigenvalue weighted by molar-refractivity contribution is 0.475. The molecule has 2 aromatic heterocycles. The van der Waals surface area contributed by atoms with Crippen LogP contribution < -0.4 is 0 Å². The predicted molar refractivity (Wildman–Crippen MR) is 93.4 cm³/mol. The number of fused-ring (bicyclic) bond motifs is 1.